The Morgan fingerprint density at radius 3 is 2.55 bits per heavy atom. The standard InChI is InChI=1S/C16H20N2O2/c1-16(19,14-6-4-3-5-7-14)12-17-10-13-8-9-15(20-2)18-11-13/h3-9,11,17,19H,10,12H2,1-2H3. The molecule has 1 aromatic heterocycles. The molecule has 0 aliphatic rings. The molecule has 2 N–H and O–H groups in total. The molecule has 0 saturated heterocycles. The van der Waals surface area contributed by atoms with E-state index < -0.39 is 5.60 Å². The summed E-state index contributed by atoms with van der Waals surface area (Å²) >= 11 is 0. The third kappa shape index (κ3) is 3.79. The van der Waals surface area contributed by atoms with Crippen LogP contribution in [-0.4, -0.2) is 23.7 Å². The van der Waals surface area contributed by atoms with Crippen molar-refractivity contribution < 1.29 is 9.84 Å². The molecule has 106 valence electrons. The maximum absolute atomic E-state index is 10.4. The van der Waals surface area contributed by atoms with Crippen LogP contribution in [-0.2, 0) is 12.1 Å². The molecule has 0 saturated carbocycles. The van der Waals surface area contributed by atoms with Crippen molar-refractivity contribution in [1.82, 2.24) is 10.3 Å². The molecule has 1 atom stereocenters. The second-order valence-electron chi connectivity index (χ2n) is 4.95. The topological polar surface area (TPSA) is 54.4 Å². The molecule has 20 heavy (non-hydrogen) atoms. The third-order valence-electron chi connectivity index (χ3n) is 3.20. The molecule has 4 nitrogen and oxygen atoms in total. The molecule has 2 aromatic rings. The van der Waals surface area contributed by atoms with Gasteiger partial charge in [0, 0.05) is 25.4 Å². The first-order valence-electron chi connectivity index (χ1n) is 6.59. The largest absolute Gasteiger partial charge is 0.481 e. The Kier molecular flexibility index (Phi) is 4.71. The molecule has 2 rings (SSSR count). The number of hydrogen-bond acceptors (Lipinski definition) is 4. The van der Waals surface area contributed by atoms with Crippen LogP contribution in [0.25, 0.3) is 0 Å². The molecule has 0 bridgehead atoms. The number of pyridine rings is 1. The lowest BCUT2D eigenvalue weighted by molar-refractivity contribution is 0.0566. The zero-order valence-electron chi connectivity index (χ0n) is 11.8. The summed E-state index contributed by atoms with van der Waals surface area (Å²) in [4.78, 5) is 4.15. The molecule has 1 unspecified atom stereocenters. The van der Waals surface area contributed by atoms with Gasteiger partial charge in [-0.2, -0.15) is 0 Å². The summed E-state index contributed by atoms with van der Waals surface area (Å²) in [6.07, 6.45) is 1.77. The van der Waals surface area contributed by atoms with Crippen molar-refractivity contribution in [2.45, 2.75) is 19.1 Å². The lowest BCUT2D eigenvalue weighted by Gasteiger charge is -2.24. The molecule has 4 heteroatoms. The van der Waals surface area contributed by atoms with Crippen molar-refractivity contribution in [2.75, 3.05) is 13.7 Å². The van der Waals surface area contributed by atoms with Crippen molar-refractivity contribution in [1.29, 1.82) is 0 Å². The van der Waals surface area contributed by atoms with E-state index in [4.69, 9.17) is 4.74 Å². The fourth-order valence-electron chi connectivity index (χ4n) is 1.99. The number of aliphatic hydroxyl groups is 1. The van der Waals surface area contributed by atoms with Gasteiger partial charge in [-0.05, 0) is 18.1 Å². The number of ether oxygens (including phenoxy) is 1. The molecule has 0 fully saturated rings. The fraction of sp³-hybridized carbons (Fsp3) is 0.312. The predicted octanol–water partition coefficient (Wildman–Crippen LogP) is 2.09. The van der Waals surface area contributed by atoms with Gasteiger partial charge in [-0.3, -0.25) is 0 Å². The molecule has 0 radical (unpaired) electrons. The predicted molar refractivity (Wildman–Crippen MR) is 78.5 cm³/mol. The van der Waals surface area contributed by atoms with Crippen molar-refractivity contribution >= 4 is 0 Å². The second-order valence-corrected chi connectivity index (χ2v) is 4.95. The molecule has 0 amide bonds. The van der Waals surface area contributed by atoms with Gasteiger partial charge in [-0.15, -0.1) is 0 Å². The number of hydrogen-bond donors (Lipinski definition) is 2. The van der Waals surface area contributed by atoms with Gasteiger partial charge in [-0.1, -0.05) is 36.4 Å². The highest BCUT2D eigenvalue weighted by Crippen LogP contribution is 2.19. The minimum absolute atomic E-state index is 0.475. The molecule has 0 aliphatic carbocycles. The monoisotopic (exact) mass is 272 g/mol. The minimum Gasteiger partial charge on any atom is -0.481 e. The first-order valence-corrected chi connectivity index (χ1v) is 6.59. The van der Waals surface area contributed by atoms with Crippen LogP contribution in [0.15, 0.2) is 48.7 Å². The number of methoxy groups -OCH3 is 1. The van der Waals surface area contributed by atoms with Crippen LogP contribution in [0.3, 0.4) is 0 Å². The van der Waals surface area contributed by atoms with Gasteiger partial charge in [-0.25, -0.2) is 4.98 Å². The molecular weight excluding hydrogens is 252 g/mol. The van der Waals surface area contributed by atoms with E-state index in [1.807, 2.05) is 49.4 Å². The maximum Gasteiger partial charge on any atom is 0.212 e. The van der Waals surface area contributed by atoms with Crippen LogP contribution >= 0.6 is 0 Å². The van der Waals surface area contributed by atoms with E-state index in [2.05, 4.69) is 10.3 Å². The van der Waals surface area contributed by atoms with E-state index in [0.717, 1.165) is 11.1 Å². The SMILES string of the molecule is COc1ccc(CNCC(C)(O)c2ccccc2)cn1. The molecule has 0 spiro atoms. The average Bonchev–Trinajstić information content (AvgIpc) is 2.49. The highest BCUT2D eigenvalue weighted by molar-refractivity contribution is 5.22. The summed E-state index contributed by atoms with van der Waals surface area (Å²) < 4.78 is 5.01. The van der Waals surface area contributed by atoms with Crippen LogP contribution in [0.5, 0.6) is 5.88 Å². The third-order valence-corrected chi connectivity index (χ3v) is 3.20. The van der Waals surface area contributed by atoms with Crippen molar-refractivity contribution in [3.05, 3.63) is 59.8 Å². The highest BCUT2D eigenvalue weighted by atomic mass is 16.5. The molecule has 0 aliphatic heterocycles. The van der Waals surface area contributed by atoms with E-state index >= 15 is 0 Å². The van der Waals surface area contributed by atoms with E-state index in [0.29, 0.717) is 19.0 Å². The highest BCUT2D eigenvalue weighted by Gasteiger charge is 2.21. The van der Waals surface area contributed by atoms with Crippen molar-refractivity contribution in [2.24, 2.45) is 0 Å². The molecule has 1 aromatic carbocycles. The van der Waals surface area contributed by atoms with Crippen molar-refractivity contribution in [3.63, 3.8) is 0 Å². The van der Waals surface area contributed by atoms with Crippen LogP contribution < -0.4 is 10.1 Å². The van der Waals surface area contributed by atoms with Gasteiger partial charge < -0.3 is 15.2 Å². The summed E-state index contributed by atoms with van der Waals surface area (Å²) in [6, 6.07) is 13.4. The van der Waals surface area contributed by atoms with Crippen LogP contribution in [0.4, 0.5) is 0 Å². The van der Waals surface area contributed by atoms with Crippen LogP contribution in [0.1, 0.15) is 18.1 Å². The van der Waals surface area contributed by atoms with Gasteiger partial charge >= 0.3 is 0 Å². The second kappa shape index (κ2) is 6.50. The Bertz CT molecular complexity index is 524. The van der Waals surface area contributed by atoms with E-state index in [9.17, 15) is 5.11 Å². The van der Waals surface area contributed by atoms with Crippen LogP contribution in [0.2, 0.25) is 0 Å². The summed E-state index contributed by atoms with van der Waals surface area (Å²) in [5.41, 5.74) is 1.07. The number of nitrogens with zero attached hydrogens (tertiary/aromatic N) is 1. The first kappa shape index (κ1) is 14.5. The maximum atomic E-state index is 10.4. The van der Waals surface area contributed by atoms with E-state index in [1.54, 1.807) is 13.3 Å². The normalized spacial score (nSPS) is 13.8. The van der Waals surface area contributed by atoms with Gasteiger partial charge in [0.1, 0.15) is 0 Å². The molecular formula is C16H20N2O2. The fourth-order valence-corrected chi connectivity index (χ4v) is 1.99. The first-order chi connectivity index (χ1) is 9.62. The summed E-state index contributed by atoms with van der Waals surface area (Å²) in [5.74, 6) is 0.602. The lowest BCUT2D eigenvalue weighted by atomic mass is 9.96. The smallest absolute Gasteiger partial charge is 0.212 e. The Morgan fingerprint density at radius 2 is 1.95 bits per heavy atom. The van der Waals surface area contributed by atoms with Crippen molar-refractivity contribution in [3.8, 4) is 5.88 Å². The van der Waals surface area contributed by atoms with Gasteiger partial charge in [0.2, 0.25) is 5.88 Å². The van der Waals surface area contributed by atoms with Gasteiger partial charge in [0.05, 0.1) is 12.7 Å². The quantitative estimate of drug-likeness (QED) is 0.845. The number of nitrogens with one attached hydrogen (secondary N) is 1. The Labute approximate surface area is 119 Å². The zero-order chi connectivity index (χ0) is 14.4. The lowest BCUT2D eigenvalue weighted by Crippen LogP contribution is -2.35. The minimum atomic E-state index is -0.888. The summed E-state index contributed by atoms with van der Waals surface area (Å²) in [6.45, 7) is 2.94. The van der Waals surface area contributed by atoms with E-state index in [-0.39, 0.29) is 0 Å². The van der Waals surface area contributed by atoms with E-state index in [1.165, 1.54) is 0 Å². The Morgan fingerprint density at radius 1 is 1.20 bits per heavy atom. The number of aromatic nitrogens is 1. The zero-order valence-corrected chi connectivity index (χ0v) is 11.8. The Hall–Kier alpha value is -1.91. The number of rotatable bonds is 6. The van der Waals surface area contributed by atoms with Gasteiger partial charge in [0.15, 0.2) is 0 Å². The summed E-state index contributed by atoms with van der Waals surface area (Å²) in [5, 5.41) is 13.7. The summed E-state index contributed by atoms with van der Waals surface area (Å²) in [7, 11) is 1.59. The number of benzene rings is 1. The Balaban J connectivity index is 1.88. The average molecular weight is 272 g/mol. The molecule has 1 heterocycles. The van der Waals surface area contributed by atoms with Crippen LogP contribution in [0, 0.1) is 0 Å². The van der Waals surface area contributed by atoms with Gasteiger partial charge in [0.25, 0.3) is 0 Å².